The number of carbonyl (C=O) groups excluding carboxylic acids is 5. The first kappa shape index (κ1) is 40.2. The number of rotatable bonds is 11. The molecular formula is C46H44N4O9. The minimum absolute atomic E-state index is 0.0373. The zero-order chi connectivity index (χ0) is 41.8. The van der Waals surface area contributed by atoms with Crippen LogP contribution >= 0.6 is 0 Å². The van der Waals surface area contributed by atoms with Crippen LogP contribution in [0.15, 0.2) is 97.1 Å². The monoisotopic (exact) mass is 796 g/mol. The Bertz CT molecular complexity index is 2370. The van der Waals surface area contributed by atoms with E-state index in [0.29, 0.717) is 29.3 Å². The zero-order valence-corrected chi connectivity index (χ0v) is 33.0. The van der Waals surface area contributed by atoms with Crippen LogP contribution < -0.4 is 19.3 Å². The number of aryl methyl sites for hydroxylation is 2. The summed E-state index contributed by atoms with van der Waals surface area (Å²) in [5.74, 6) is -0.0608. The van der Waals surface area contributed by atoms with Gasteiger partial charge in [-0.3, -0.25) is 14.4 Å². The second-order valence-electron chi connectivity index (χ2n) is 14.5. The van der Waals surface area contributed by atoms with Crippen LogP contribution in [-0.4, -0.2) is 77.8 Å². The second kappa shape index (κ2) is 17.2. The van der Waals surface area contributed by atoms with Crippen LogP contribution in [0.5, 0.6) is 11.5 Å². The van der Waals surface area contributed by atoms with Gasteiger partial charge in [-0.2, -0.15) is 0 Å². The highest BCUT2D eigenvalue weighted by molar-refractivity contribution is 6.20. The normalized spacial score (nSPS) is 18.5. The first-order chi connectivity index (χ1) is 28.5. The van der Waals surface area contributed by atoms with Crippen molar-refractivity contribution >= 4 is 59.2 Å². The maximum atomic E-state index is 13.1. The van der Waals surface area contributed by atoms with Gasteiger partial charge in [0.05, 0.1) is 37.7 Å². The number of ketones is 1. The van der Waals surface area contributed by atoms with Crippen LogP contribution in [0.2, 0.25) is 0 Å². The number of carbonyl (C=O) groups is 6. The second-order valence-corrected chi connectivity index (χ2v) is 14.5. The van der Waals surface area contributed by atoms with Crippen molar-refractivity contribution in [2.75, 3.05) is 37.1 Å². The number of aliphatic carboxylic acids is 1. The smallest absolute Gasteiger partial charge is 0.332 e. The molecule has 2 fully saturated rings. The average molecular weight is 797 g/mol. The largest absolute Gasteiger partial charge is 0.497 e. The molecule has 4 aromatic rings. The molecule has 0 spiro atoms. The standard InChI is InChI=1S/C24H24N2O4.C22H20N2O5/c1-3-19(27)9-4-16-5-12-21-17(14-16)6-13-22(21)25-15-23(28)26(24(25)29)18-7-10-20(30-2)11-8-18;1-29-17-7-5-16(6-8-17)24-20(25)13-23(22(24)28)19-10-4-15-12-14(2-9-18(15)19)3-11-21(26)27/h4-5,7-12,14,22H,3,6,13,15H2,1-2H3;2-3,5-9,11-12,19H,4,10,13H2,1H3,(H,26,27)/b9-4+;11-3+. The number of imide groups is 2. The highest BCUT2D eigenvalue weighted by atomic mass is 16.5. The Labute approximate surface area is 341 Å². The number of allylic oxidation sites excluding steroid dienone is 1. The highest BCUT2D eigenvalue weighted by Gasteiger charge is 2.44. The van der Waals surface area contributed by atoms with Crippen molar-refractivity contribution in [3.63, 3.8) is 0 Å². The minimum Gasteiger partial charge on any atom is -0.497 e. The van der Waals surface area contributed by atoms with Crippen LogP contribution in [-0.2, 0) is 32.0 Å². The highest BCUT2D eigenvalue weighted by Crippen LogP contribution is 2.41. The van der Waals surface area contributed by atoms with Crippen LogP contribution in [0.3, 0.4) is 0 Å². The van der Waals surface area contributed by atoms with Crippen LogP contribution in [0.4, 0.5) is 21.0 Å². The predicted molar refractivity (Wildman–Crippen MR) is 221 cm³/mol. The van der Waals surface area contributed by atoms with Gasteiger partial charge in [0.25, 0.3) is 11.8 Å². The van der Waals surface area contributed by atoms with Gasteiger partial charge in [-0.15, -0.1) is 0 Å². The number of benzene rings is 4. The number of amides is 6. The topological polar surface area (TPSA) is 154 Å². The van der Waals surface area contributed by atoms with E-state index in [4.69, 9.17) is 14.6 Å². The van der Waals surface area contributed by atoms with Gasteiger partial charge < -0.3 is 24.4 Å². The van der Waals surface area contributed by atoms with Crippen molar-refractivity contribution in [3.05, 3.63) is 130 Å². The van der Waals surface area contributed by atoms with Gasteiger partial charge in [0.2, 0.25) is 0 Å². The van der Waals surface area contributed by atoms with Crippen molar-refractivity contribution in [1.82, 2.24) is 9.80 Å². The molecule has 302 valence electrons. The van der Waals surface area contributed by atoms with E-state index in [2.05, 4.69) is 6.07 Å². The first-order valence-electron chi connectivity index (χ1n) is 19.4. The van der Waals surface area contributed by atoms with E-state index < -0.39 is 5.97 Å². The number of methoxy groups -OCH3 is 2. The van der Waals surface area contributed by atoms with Gasteiger partial charge in [0, 0.05) is 12.5 Å². The van der Waals surface area contributed by atoms with Crippen LogP contribution in [0.1, 0.15) is 71.7 Å². The molecule has 59 heavy (non-hydrogen) atoms. The fourth-order valence-corrected chi connectivity index (χ4v) is 8.06. The van der Waals surface area contributed by atoms with Crippen molar-refractivity contribution in [2.24, 2.45) is 0 Å². The summed E-state index contributed by atoms with van der Waals surface area (Å²) in [5.41, 5.74) is 7.17. The number of anilines is 2. The molecule has 2 aliphatic carbocycles. The molecule has 8 rings (SSSR count). The Morgan fingerprint density at radius 1 is 0.644 bits per heavy atom. The average Bonchev–Trinajstić information content (AvgIpc) is 4.01. The lowest BCUT2D eigenvalue weighted by atomic mass is 10.0. The third-order valence-electron chi connectivity index (χ3n) is 11.1. The van der Waals surface area contributed by atoms with Crippen molar-refractivity contribution in [1.29, 1.82) is 0 Å². The maximum absolute atomic E-state index is 13.1. The molecule has 6 amide bonds. The summed E-state index contributed by atoms with van der Waals surface area (Å²) in [4.78, 5) is 79.3. The third-order valence-corrected chi connectivity index (χ3v) is 11.1. The van der Waals surface area contributed by atoms with Gasteiger partial charge in [0.1, 0.15) is 24.6 Å². The summed E-state index contributed by atoms with van der Waals surface area (Å²) in [6, 6.07) is 24.6. The SMILES string of the molecule is CCC(=O)/C=C/c1ccc2c(c1)CCC2N1CC(=O)N(c2ccc(OC)cc2)C1=O.COc1ccc(N2C(=O)CN(C3CCc4cc(/C=C/C(=O)O)ccc43)C2=O)cc1. The molecule has 4 aliphatic rings. The lowest BCUT2D eigenvalue weighted by Crippen LogP contribution is -2.34. The first-order valence-corrected chi connectivity index (χ1v) is 19.4. The van der Waals surface area contributed by atoms with E-state index in [1.54, 1.807) is 84.7 Å². The van der Waals surface area contributed by atoms with Gasteiger partial charge in [-0.05, 0) is 120 Å². The molecule has 2 saturated heterocycles. The van der Waals surface area contributed by atoms with Crippen LogP contribution in [0.25, 0.3) is 12.2 Å². The molecule has 0 radical (unpaired) electrons. The van der Waals surface area contributed by atoms with Crippen molar-refractivity contribution in [3.8, 4) is 11.5 Å². The summed E-state index contributed by atoms with van der Waals surface area (Å²) < 4.78 is 10.3. The van der Waals surface area contributed by atoms with E-state index in [1.165, 1.54) is 9.80 Å². The Morgan fingerprint density at radius 2 is 1.07 bits per heavy atom. The van der Waals surface area contributed by atoms with Crippen molar-refractivity contribution < 1.29 is 43.3 Å². The maximum Gasteiger partial charge on any atom is 0.332 e. The molecule has 2 unspecified atom stereocenters. The van der Waals surface area contributed by atoms with Gasteiger partial charge in [-0.1, -0.05) is 49.4 Å². The number of urea groups is 2. The number of carboxylic acids is 1. The molecule has 2 aliphatic heterocycles. The molecule has 13 nitrogen and oxygen atoms in total. The van der Waals surface area contributed by atoms with E-state index in [1.807, 2.05) is 43.3 Å². The Kier molecular flexibility index (Phi) is 11.7. The summed E-state index contributed by atoms with van der Waals surface area (Å²) in [7, 11) is 3.13. The summed E-state index contributed by atoms with van der Waals surface area (Å²) in [6.07, 6.45) is 9.69. The number of hydrogen-bond acceptors (Lipinski definition) is 8. The number of carboxylic acid groups (broad SMARTS) is 1. The Balaban J connectivity index is 0.000000179. The molecule has 0 aromatic heterocycles. The summed E-state index contributed by atoms with van der Waals surface area (Å²) in [5, 5.41) is 8.78. The fourth-order valence-electron chi connectivity index (χ4n) is 8.06. The molecule has 2 heterocycles. The Hall–Kier alpha value is -7.02. The van der Waals surface area contributed by atoms with Crippen molar-refractivity contribution in [2.45, 2.75) is 51.1 Å². The quantitative estimate of drug-likeness (QED) is 0.121. The molecule has 0 saturated carbocycles. The Morgan fingerprint density at radius 3 is 1.46 bits per heavy atom. The minimum atomic E-state index is -0.997. The molecule has 4 aromatic carbocycles. The molecule has 0 bridgehead atoms. The number of hydrogen-bond donors (Lipinski definition) is 1. The number of fused-ring (bicyclic) bond motifs is 2. The molecule has 13 heteroatoms. The lowest BCUT2D eigenvalue weighted by Gasteiger charge is -2.24. The molecular weight excluding hydrogens is 753 g/mol. The number of ether oxygens (including phenoxy) is 2. The van der Waals surface area contributed by atoms with Gasteiger partial charge in [0.15, 0.2) is 5.78 Å². The predicted octanol–water partition coefficient (Wildman–Crippen LogP) is 7.39. The van der Waals surface area contributed by atoms with Gasteiger partial charge in [-0.25, -0.2) is 24.2 Å². The lowest BCUT2D eigenvalue weighted by molar-refractivity contribution is -0.131. The zero-order valence-electron chi connectivity index (χ0n) is 33.0. The molecule has 2 atom stereocenters. The van der Waals surface area contributed by atoms with Gasteiger partial charge >= 0.3 is 18.0 Å². The molecule has 1 N–H and O–H groups in total. The summed E-state index contributed by atoms with van der Waals surface area (Å²) >= 11 is 0. The van der Waals surface area contributed by atoms with E-state index >= 15 is 0 Å². The summed E-state index contributed by atoms with van der Waals surface area (Å²) in [6.45, 7) is 1.95. The van der Waals surface area contributed by atoms with Crippen LogP contribution in [0, 0.1) is 0 Å². The third kappa shape index (κ3) is 8.36. The van der Waals surface area contributed by atoms with E-state index in [0.717, 1.165) is 65.1 Å². The fraction of sp³-hybridized carbons (Fsp3) is 0.261. The van der Waals surface area contributed by atoms with E-state index in [-0.39, 0.29) is 54.8 Å². The number of nitrogens with zero attached hydrogens (tertiary/aromatic N) is 4. The van der Waals surface area contributed by atoms with E-state index in [9.17, 15) is 28.8 Å².